The van der Waals surface area contributed by atoms with Gasteiger partial charge in [0.25, 0.3) is 0 Å². The molecule has 0 saturated heterocycles. The molecule has 0 radical (unpaired) electrons. The molecule has 16 heavy (non-hydrogen) atoms. The van der Waals surface area contributed by atoms with Crippen LogP contribution in [0.3, 0.4) is 0 Å². The number of hydrazine groups is 1. The molecule has 0 aliphatic rings. The maximum atomic E-state index is 13.2. The van der Waals surface area contributed by atoms with Crippen molar-refractivity contribution in [3.05, 3.63) is 29.0 Å². The van der Waals surface area contributed by atoms with Gasteiger partial charge in [-0.15, -0.1) is 0 Å². The molecule has 0 spiro atoms. The number of carbonyl (C=O) groups excluding carboxylic acids is 1. The average Bonchev–Trinajstić information content (AvgIpc) is 2.27. The number of nitrogens with two attached hydrogens (primary N) is 1. The van der Waals surface area contributed by atoms with Gasteiger partial charge in [-0.3, -0.25) is 10.2 Å². The molecule has 6 heteroatoms. The number of halogens is 2. The quantitative estimate of drug-likeness (QED) is 0.359. The predicted octanol–water partition coefficient (Wildman–Crippen LogP) is 1.63. The molecule has 3 N–H and O–H groups in total. The summed E-state index contributed by atoms with van der Waals surface area (Å²) in [6.45, 7) is 0.202. The zero-order valence-corrected chi connectivity index (χ0v) is 9.26. The monoisotopic (exact) mass is 246 g/mol. The highest BCUT2D eigenvalue weighted by atomic mass is 35.5. The van der Waals surface area contributed by atoms with Crippen LogP contribution in [0.1, 0.15) is 12.8 Å². The third-order valence-electron chi connectivity index (χ3n) is 1.87. The largest absolute Gasteiger partial charge is 0.489 e. The normalized spacial score (nSPS) is 9.94. The Morgan fingerprint density at radius 2 is 2.31 bits per heavy atom. The van der Waals surface area contributed by atoms with E-state index in [4.69, 9.17) is 22.2 Å². The van der Waals surface area contributed by atoms with E-state index in [0.717, 1.165) is 0 Å². The molecule has 0 bridgehead atoms. The molecule has 1 aromatic rings. The number of amides is 1. The van der Waals surface area contributed by atoms with E-state index >= 15 is 0 Å². The van der Waals surface area contributed by atoms with Gasteiger partial charge in [-0.2, -0.15) is 0 Å². The lowest BCUT2D eigenvalue weighted by Crippen LogP contribution is -2.30. The van der Waals surface area contributed by atoms with Crippen molar-refractivity contribution in [1.82, 2.24) is 5.43 Å². The smallest absolute Gasteiger partial charge is 0.234 e. The summed E-state index contributed by atoms with van der Waals surface area (Å²) in [5.74, 6) is 4.10. The number of para-hydroxylation sites is 1. The van der Waals surface area contributed by atoms with Gasteiger partial charge in [-0.05, 0) is 18.6 Å². The van der Waals surface area contributed by atoms with E-state index < -0.39 is 5.82 Å². The van der Waals surface area contributed by atoms with E-state index in [0.29, 0.717) is 6.42 Å². The van der Waals surface area contributed by atoms with E-state index in [-0.39, 0.29) is 29.7 Å². The lowest BCUT2D eigenvalue weighted by Gasteiger charge is -2.08. The lowest BCUT2D eigenvalue weighted by atomic mass is 10.3. The van der Waals surface area contributed by atoms with E-state index in [1.54, 1.807) is 0 Å². The molecule has 0 fully saturated rings. The Bertz CT molecular complexity index is 354. The fraction of sp³-hybridized carbons (Fsp3) is 0.300. The molecular weight excluding hydrogens is 235 g/mol. The van der Waals surface area contributed by atoms with Crippen molar-refractivity contribution in [2.45, 2.75) is 12.8 Å². The fourth-order valence-corrected chi connectivity index (χ4v) is 1.32. The summed E-state index contributed by atoms with van der Waals surface area (Å²) in [6, 6.07) is 4.28. The first-order valence-corrected chi connectivity index (χ1v) is 5.09. The van der Waals surface area contributed by atoms with Crippen LogP contribution in [0, 0.1) is 5.82 Å². The molecule has 0 aromatic heterocycles. The van der Waals surface area contributed by atoms with Gasteiger partial charge in [0.2, 0.25) is 5.91 Å². The first kappa shape index (κ1) is 12.7. The zero-order chi connectivity index (χ0) is 12.0. The first-order chi connectivity index (χ1) is 7.65. The molecule has 1 amide bonds. The molecule has 0 aliphatic heterocycles. The van der Waals surface area contributed by atoms with Crippen LogP contribution in [-0.4, -0.2) is 12.5 Å². The topological polar surface area (TPSA) is 64.3 Å². The Kier molecular flexibility index (Phi) is 5.01. The van der Waals surface area contributed by atoms with Crippen LogP contribution in [0.25, 0.3) is 0 Å². The van der Waals surface area contributed by atoms with Crippen molar-refractivity contribution in [3.63, 3.8) is 0 Å². The Labute approximate surface area is 97.5 Å². The number of hydrogen-bond donors (Lipinski definition) is 2. The average molecular weight is 247 g/mol. The number of hydrogen-bond acceptors (Lipinski definition) is 3. The van der Waals surface area contributed by atoms with Gasteiger partial charge in [-0.25, -0.2) is 10.2 Å². The van der Waals surface area contributed by atoms with Crippen molar-refractivity contribution >= 4 is 17.5 Å². The van der Waals surface area contributed by atoms with E-state index in [9.17, 15) is 9.18 Å². The highest BCUT2D eigenvalue weighted by molar-refractivity contribution is 6.32. The van der Waals surface area contributed by atoms with Crippen LogP contribution in [0.15, 0.2) is 18.2 Å². The number of carbonyl (C=O) groups is 1. The zero-order valence-electron chi connectivity index (χ0n) is 8.50. The van der Waals surface area contributed by atoms with E-state index in [1.807, 2.05) is 5.43 Å². The second-order valence-corrected chi connectivity index (χ2v) is 3.48. The Balaban J connectivity index is 2.40. The van der Waals surface area contributed by atoms with E-state index in [2.05, 4.69) is 0 Å². The second kappa shape index (κ2) is 6.30. The van der Waals surface area contributed by atoms with Crippen molar-refractivity contribution in [2.75, 3.05) is 6.61 Å². The van der Waals surface area contributed by atoms with Crippen LogP contribution >= 0.6 is 11.6 Å². The van der Waals surface area contributed by atoms with E-state index in [1.165, 1.54) is 18.2 Å². The molecule has 1 rings (SSSR count). The molecule has 1 aromatic carbocycles. The SMILES string of the molecule is NNC(=O)CCCOc1c(F)cccc1Cl. The minimum absolute atomic E-state index is 0.0114. The Morgan fingerprint density at radius 3 is 2.94 bits per heavy atom. The van der Waals surface area contributed by atoms with Gasteiger partial charge in [0.15, 0.2) is 11.6 Å². The number of ether oxygens (including phenoxy) is 1. The third kappa shape index (κ3) is 3.67. The summed E-state index contributed by atoms with van der Waals surface area (Å²) in [5, 5.41) is 0.211. The summed E-state index contributed by atoms with van der Waals surface area (Å²) in [7, 11) is 0. The fourth-order valence-electron chi connectivity index (χ4n) is 1.10. The maximum Gasteiger partial charge on any atom is 0.234 e. The molecule has 0 heterocycles. The van der Waals surface area contributed by atoms with Crippen LogP contribution in [0.2, 0.25) is 5.02 Å². The first-order valence-electron chi connectivity index (χ1n) is 4.71. The van der Waals surface area contributed by atoms with Crippen molar-refractivity contribution in [2.24, 2.45) is 5.84 Å². The molecular formula is C10H12ClFN2O2. The van der Waals surface area contributed by atoms with Gasteiger partial charge >= 0.3 is 0 Å². The van der Waals surface area contributed by atoms with Gasteiger partial charge in [0.1, 0.15) is 0 Å². The number of benzene rings is 1. The third-order valence-corrected chi connectivity index (χ3v) is 2.17. The molecule has 0 aliphatic carbocycles. The summed E-state index contributed by atoms with van der Waals surface area (Å²) in [4.78, 5) is 10.8. The van der Waals surface area contributed by atoms with Crippen LogP contribution in [0.4, 0.5) is 4.39 Å². The standard InChI is InChI=1S/C10H12ClFN2O2/c11-7-3-1-4-8(12)10(7)16-6-2-5-9(15)14-13/h1,3-4H,2,5-6,13H2,(H,14,15). The van der Waals surface area contributed by atoms with Gasteiger partial charge in [0.05, 0.1) is 11.6 Å². The van der Waals surface area contributed by atoms with Crippen LogP contribution in [-0.2, 0) is 4.79 Å². The molecule has 4 nitrogen and oxygen atoms in total. The van der Waals surface area contributed by atoms with Crippen molar-refractivity contribution in [3.8, 4) is 5.75 Å². The summed E-state index contributed by atoms with van der Waals surface area (Å²) < 4.78 is 18.3. The predicted molar refractivity (Wildman–Crippen MR) is 58.5 cm³/mol. The molecule has 0 unspecified atom stereocenters. The summed E-state index contributed by atoms with van der Waals surface area (Å²) in [5.41, 5.74) is 1.99. The molecule has 0 atom stereocenters. The van der Waals surface area contributed by atoms with Gasteiger partial charge in [-0.1, -0.05) is 17.7 Å². The second-order valence-electron chi connectivity index (χ2n) is 3.07. The summed E-state index contributed by atoms with van der Waals surface area (Å²) in [6.07, 6.45) is 0.663. The van der Waals surface area contributed by atoms with Crippen molar-refractivity contribution in [1.29, 1.82) is 0 Å². The van der Waals surface area contributed by atoms with Crippen LogP contribution in [0.5, 0.6) is 5.75 Å². The molecule has 0 saturated carbocycles. The molecule has 88 valence electrons. The van der Waals surface area contributed by atoms with Gasteiger partial charge < -0.3 is 4.74 Å². The highest BCUT2D eigenvalue weighted by Gasteiger charge is 2.07. The number of nitrogens with one attached hydrogen (secondary N) is 1. The lowest BCUT2D eigenvalue weighted by molar-refractivity contribution is -0.121. The Morgan fingerprint density at radius 1 is 1.56 bits per heavy atom. The highest BCUT2D eigenvalue weighted by Crippen LogP contribution is 2.27. The Hall–Kier alpha value is -1.33. The maximum absolute atomic E-state index is 13.2. The minimum Gasteiger partial charge on any atom is -0.489 e. The number of rotatable bonds is 5. The minimum atomic E-state index is -0.518. The van der Waals surface area contributed by atoms with Crippen LogP contribution < -0.4 is 16.0 Å². The van der Waals surface area contributed by atoms with Gasteiger partial charge in [0, 0.05) is 6.42 Å². The summed E-state index contributed by atoms with van der Waals surface area (Å²) >= 11 is 5.73. The van der Waals surface area contributed by atoms with Crippen molar-refractivity contribution < 1.29 is 13.9 Å².